The fourth-order valence-corrected chi connectivity index (χ4v) is 4.44. The molecule has 1 unspecified atom stereocenters. The van der Waals surface area contributed by atoms with Crippen molar-refractivity contribution in [3.63, 3.8) is 0 Å². The molecule has 2 aromatic heterocycles. The van der Waals surface area contributed by atoms with Crippen molar-refractivity contribution in [2.24, 2.45) is 0 Å². The van der Waals surface area contributed by atoms with E-state index in [0.29, 0.717) is 54.9 Å². The number of hydrogen-bond donors (Lipinski definition) is 5. The van der Waals surface area contributed by atoms with Crippen LogP contribution in [0, 0.1) is 5.41 Å². The summed E-state index contributed by atoms with van der Waals surface area (Å²) in [6.07, 6.45) is 5.97. The molecule has 0 bridgehead atoms. The van der Waals surface area contributed by atoms with E-state index in [1.165, 1.54) is 6.21 Å². The number of aromatic nitrogens is 2. The number of likely N-dealkylation sites (N-methyl/N-ethyl adjacent to an activating group) is 1. The molecule has 1 fully saturated rings. The summed E-state index contributed by atoms with van der Waals surface area (Å²) in [6, 6.07) is 11.8. The molecule has 10 heteroatoms. The third-order valence-corrected chi connectivity index (χ3v) is 6.40. The lowest BCUT2D eigenvalue weighted by Gasteiger charge is -2.26. The highest BCUT2D eigenvalue weighted by atomic mass is 16.5. The summed E-state index contributed by atoms with van der Waals surface area (Å²) in [5.41, 5.74) is 3.98. The Balaban J connectivity index is 1.71. The van der Waals surface area contributed by atoms with Gasteiger partial charge in [-0.3, -0.25) is 4.98 Å². The Morgan fingerprint density at radius 1 is 1.15 bits per heavy atom. The molecule has 1 aromatic carbocycles. The van der Waals surface area contributed by atoms with E-state index < -0.39 is 6.10 Å². The number of benzene rings is 1. The van der Waals surface area contributed by atoms with Crippen LogP contribution >= 0.6 is 0 Å². The first-order valence-electron chi connectivity index (χ1n) is 13.7. The first-order chi connectivity index (χ1) is 19.4. The van der Waals surface area contributed by atoms with Crippen molar-refractivity contribution >= 4 is 17.7 Å². The molecule has 40 heavy (non-hydrogen) atoms. The Morgan fingerprint density at radius 3 is 2.60 bits per heavy atom. The van der Waals surface area contributed by atoms with Crippen molar-refractivity contribution in [2.75, 3.05) is 44.0 Å². The third-order valence-electron chi connectivity index (χ3n) is 6.40. The second-order valence-corrected chi connectivity index (χ2v) is 10.2. The highest BCUT2D eigenvalue weighted by Gasteiger charge is 2.19. The predicted octanol–water partition coefficient (Wildman–Crippen LogP) is 4.09. The lowest BCUT2D eigenvalue weighted by atomic mass is 10.0. The number of aliphatic hydroxyl groups is 1. The average Bonchev–Trinajstić information content (AvgIpc) is 2.96. The Kier molecular flexibility index (Phi) is 10.7. The minimum atomic E-state index is -0.657. The van der Waals surface area contributed by atoms with Crippen molar-refractivity contribution in [1.82, 2.24) is 15.3 Å². The summed E-state index contributed by atoms with van der Waals surface area (Å²) >= 11 is 0. The van der Waals surface area contributed by atoms with E-state index in [9.17, 15) is 5.11 Å². The van der Waals surface area contributed by atoms with Crippen LogP contribution in [0.15, 0.2) is 48.8 Å². The number of nitrogens with zero attached hydrogens (tertiary/aromatic N) is 2. The summed E-state index contributed by atoms with van der Waals surface area (Å²) in [5, 5.41) is 28.3. The molecule has 0 saturated carbocycles. The van der Waals surface area contributed by atoms with Crippen molar-refractivity contribution in [3.05, 3.63) is 59.9 Å². The summed E-state index contributed by atoms with van der Waals surface area (Å²) < 4.78 is 17.6. The number of nitrogens with one attached hydrogen (secondary N) is 4. The molecule has 3 aromatic rings. The van der Waals surface area contributed by atoms with Crippen molar-refractivity contribution < 1.29 is 19.3 Å². The number of anilines is 2. The number of hydrogen-bond acceptors (Lipinski definition) is 10. The standard InChI is InChI=1S/C30H40N6O4/c1-20(2)34-30-27(15-31)29(35-23-6-9-38-10-7-23)14-28(36-30)22-11-25(39-18-21-5-4-8-33-16-21)13-26(12-22)40-19-24(37)17-32-3/h4-5,8,11-16,20,23-24,31-32,37H,6-7,9-10,17-19H2,1-3H3,(H2,34,35,36). The van der Waals surface area contributed by atoms with Gasteiger partial charge in [0.2, 0.25) is 0 Å². The molecule has 214 valence electrons. The molecule has 1 saturated heterocycles. The maximum absolute atomic E-state index is 10.2. The number of pyridine rings is 2. The highest BCUT2D eigenvalue weighted by Crippen LogP contribution is 2.34. The number of aliphatic hydroxyl groups excluding tert-OH is 1. The Bertz CT molecular complexity index is 1230. The molecule has 1 aliphatic rings. The molecule has 0 aliphatic carbocycles. The smallest absolute Gasteiger partial charge is 0.137 e. The average molecular weight is 549 g/mol. The van der Waals surface area contributed by atoms with Crippen LogP contribution in [0.1, 0.15) is 37.8 Å². The minimum Gasteiger partial charge on any atom is -0.491 e. The fourth-order valence-electron chi connectivity index (χ4n) is 4.44. The van der Waals surface area contributed by atoms with E-state index in [-0.39, 0.29) is 18.7 Å². The monoisotopic (exact) mass is 548 g/mol. The van der Waals surface area contributed by atoms with Gasteiger partial charge in [0.05, 0.1) is 11.3 Å². The molecule has 5 N–H and O–H groups in total. The zero-order chi connectivity index (χ0) is 28.3. The fraction of sp³-hybridized carbons (Fsp3) is 0.433. The molecule has 1 aliphatic heterocycles. The normalized spacial score (nSPS) is 14.5. The van der Waals surface area contributed by atoms with Gasteiger partial charge < -0.3 is 40.7 Å². The van der Waals surface area contributed by atoms with Crippen molar-refractivity contribution in [3.8, 4) is 22.8 Å². The first-order valence-corrected chi connectivity index (χ1v) is 13.7. The van der Waals surface area contributed by atoms with Gasteiger partial charge in [0, 0.05) is 73.3 Å². The van der Waals surface area contributed by atoms with Gasteiger partial charge >= 0.3 is 0 Å². The van der Waals surface area contributed by atoms with Crippen LogP contribution in [-0.4, -0.2) is 72.9 Å². The molecule has 1 atom stereocenters. The molecule has 4 rings (SSSR count). The predicted molar refractivity (Wildman–Crippen MR) is 158 cm³/mol. The van der Waals surface area contributed by atoms with Crippen LogP contribution in [0.3, 0.4) is 0 Å². The molecule has 3 heterocycles. The SMILES string of the molecule is CNCC(O)COc1cc(OCc2cccnc2)cc(-c2cc(NC3CCOCC3)c(C=N)c(NC(C)C)n2)c1. The van der Waals surface area contributed by atoms with E-state index in [2.05, 4.69) is 20.9 Å². The minimum absolute atomic E-state index is 0.124. The molecule has 0 spiro atoms. The van der Waals surface area contributed by atoms with E-state index in [4.69, 9.17) is 24.6 Å². The second kappa shape index (κ2) is 14.6. The van der Waals surface area contributed by atoms with Crippen molar-refractivity contribution in [1.29, 1.82) is 5.41 Å². The quantitative estimate of drug-likeness (QED) is 0.189. The molecule has 0 amide bonds. The first kappa shape index (κ1) is 29.3. The van der Waals surface area contributed by atoms with Crippen LogP contribution in [0.5, 0.6) is 11.5 Å². The molecular formula is C30H40N6O4. The van der Waals surface area contributed by atoms with Crippen LogP contribution in [-0.2, 0) is 11.3 Å². The summed E-state index contributed by atoms with van der Waals surface area (Å²) in [5.74, 6) is 1.80. The van der Waals surface area contributed by atoms with Crippen LogP contribution < -0.4 is 25.4 Å². The Hall–Kier alpha value is -3.73. The zero-order valence-electron chi connectivity index (χ0n) is 23.4. The van der Waals surface area contributed by atoms with Gasteiger partial charge in [-0.15, -0.1) is 0 Å². The van der Waals surface area contributed by atoms with E-state index in [1.807, 2.05) is 50.2 Å². The largest absolute Gasteiger partial charge is 0.491 e. The van der Waals surface area contributed by atoms with E-state index >= 15 is 0 Å². The topological polar surface area (TPSA) is 134 Å². The van der Waals surface area contributed by atoms with Crippen LogP contribution in [0.4, 0.5) is 11.5 Å². The van der Waals surface area contributed by atoms with Gasteiger partial charge in [-0.1, -0.05) is 6.07 Å². The van der Waals surface area contributed by atoms with E-state index in [0.717, 1.165) is 29.7 Å². The van der Waals surface area contributed by atoms with Crippen LogP contribution in [0.25, 0.3) is 11.3 Å². The van der Waals surface area contributed by atoms with Gasteiger partial charge in [-0.25, -0.2) is 4.98 Å². The van der Waals surface area contributed by atoms with Gasteiger partial charge in [0.15, 0.2) is 0 Å². The Labute approximate surface area is 236 Å². The second-order valence-electron chi connectivity index (χ2n) is 10.2. The van der Waals surface area contributed by atoms with Gasteiger partial charge in [-0.2, -0.15) is 0 Å². The van der Waals surface area contributed by atoms with Gasteiger partial charge in [0.25, 0.3) is 0 Å². The lowest BCUT2D eigenvalue weighted by Crippen LogP contribution is -2.29. The third kappa shape index (κ3) is 8.38. The zero-order valence-corrected chi connectivity index (χ0v) is 23.4. The summed E-state index contributed by atoms with van der Waals surface area (Å²) in [4.78, 5) is 9.09. The maximum Gasteiger partial charge on any atom is 0.137 e. The van der Waals surface area contributed by atoms with Crippen LogP contribution in [0.2, 0.25) is 0 Å². The van der Waals surface area contributed by atoms with Gasteiger partial charge in [0.1, 0.15) is 36.6 Å². The molecule has 0 radical (unpaired) electrons. The molecule has 10 nitrogen and oxygen atoms in total. The molecular weight excluding hydrogens is 508 g/mol. The summed E-state index contributed by atoms with van der Waals surface area (Å²) in [7, 11) is 1.78. The highest BCUT2D eigenvalue weighted by molar-refractivity contribution is 5.94. The number of ether oxygens (including phenoxy) is 3. The van der Waals surface area contributed by atoms with Gasteiger partial charge in [-0.05, 0) is 58.0 Å². The summed E-state index contributed by atoms with van der Waals surface area (Å²) in [6.45, 7) is 6.40. The lowest BCUT2D eigenvalue weighted by molar-refractivity contribution is 0.0904. The maximum atomic E-state index is 10.2. The number of rotatable bonds is 14. The van der Waals surface area contributed by atoms with E-state index in [1.54, 1.807) is 19.4 Å². The Morgan fingerprint density at radius 2 is 1.93 bits per heavy atom. The van der Waals surface area contributed by atoms with Crippen molar-refractivity contribution in [2.45, 2.75) is 51.5 Å².